The lowest BCUT2D eigenvalue weighted by Gasteiger charge is -2.20. The van der Waals surface area contributed by atoms with Gasteiger partial charge in [-0.05, 0) is 40.1 Å². The van der Waals surface area contributed by atoms with E-state index in [0.717, 1.165) is 22.0 Å². The first kappa shape index (κ1) is 16.4. The smallest absolute Gasteiger partial charge is 0.165 e. The molecule has 4 heteroatoms. The molecule has 3 N–H and O–H groups in total. The topological polar surface area (TPSA) is 59.1 Å². The molecule has 0 amide bonds. The van der Waals surface area contributed by atoms with E-state index in [2.05, 4.69) is 37.9 Å². The van der Waals surface area contributed by atoms with Crippen LogP contribution in [0.15, 0.2) is 42.6 Å². The number of phenolic OH excluding ortho intramolecular Hbond substituents is 1. The number of aromatic nitrogens is 1. The van der Waals surface area contributed by atoms with Crippen molar-refractivity contribution in [2.75, 3.05) is 0 Å². The van der Waals surface area contributed by atoms with Gasteiger partial charge in [0.1, 0.15) is 0 Å². The first-order valence-electron chi connectivity index (χ1n) is 7.92. The number of aromatic hydroxyl groups is 1. The molecular formula is C20H21FN2O. The van der Waals surface area contributed by atoms with Gasteiger partial charge in [0.05, 0.1) is 5.69 Å². The van der Waals surface area contributed by atoms with E-state index in [0.29, 0.717) is 12.1 Å². The van der Waals surface area contributed by atoms with Crippen LogP contribution in [-0.2, 0) is 12.0 Å². The summed E-state index contributed by atoms with van der Waals surface area (Å²) in [5.41, 5.74) is 9.38. The summed E-state index contributed by atoms with van der Waals surface area (Å²) < 4.78 is 13.7. The van der Waals surface area contributed by atoms with E-state index < -0.39 is 5.82 Å². The second kappa shape index (κ2) is 5.87. The summed E-state index contributed by atoms with van der Waals surface area (Å²) in [7, 11) is 0. The van der Waals surface area contributed by atoms with E-state index in [1.54, 1.807) is 12.3 Å². The quantitative estimate of drug-likeness (QED) is 0.729. The van der Waals surface area contributed by atoms with Crippen molar-refractivity contribution in [2.45, 2.75) is 32.7 Å². The maximum Gasteiger partial charge on any atom is 0.165 e. The molecule has 1 aromatic heterocycles. The van der Waals surface area contributed by atoms with Gasteiger partial charge in [0.25, 0.3) is 0 Å². The Bertz CT molecular complexity index is 913. The largest absolute Gasteiger partial charge is 0.505 e. The Kier molecular flexibility index (Phi) is 4.01. The van der Waals surface area contributed by atoms with Crippen molar-refractivity contribution in [1.29, 1.82) is 0 Å². The van der Waals surface area contributed by atoms with Crippen molar-refractivity contribution < 1.29 is 9.50 Å². The highest BCUT2D eigenvalue weighted by Crippen LogP contribution is 2.34. The van der Waals surface area contributed by atoms with Crippen LogP contribution >= 0.6 is 0 Å². The van der Waals surface area contributed by atoms with Crippen molar-refractivity contribution in [3.63, 3.8) is 0 Å². The SMILES string of the molecule is CC(C)(C)c1ccc2c(-c3ccc(O)c(F)c3)cnc(CN)c2c1. The second-order valence-corrected chi connectivity index (χ2v) is 7.00. The average Bonchev–Trinajstić information content (AvgIpc) is 2.55. The summed E-state index contributed by atoms with van der Waals surface area (Å²) >= 11 is 0. The number of nitrogens with zero attached hydrogens (tertiary/aromatic N) is 1. The fourth-order valence-corrected chi connectivity index (χ4v) is 2.83. The predicted molar refractivity (Wildman–Crippen MR) is 95.4 cm³/mol. The van der Waals surface area contributed by atoms with Crippen molar-refractivity contribution in [3.05, 3.63) is 59.7 Å². The molecule has 0 radical (unpaired) electrons. The van der Waals surface area contributed by atoms with Gasteiger partial charge in [0, 0.05) is 23.7 Å². The van der Waals surface area contributed by atoms with Crippen molar-refractivity contribution in [1.82, 2.24) is 4.98 Å². The Morgan fingerprint density at radius 2 is 1.83 bits per heavy atom. The maximum atomic E-state index is 13.7. The van der Waals surface area contributed by atoms with Gasteiger partial charge < -0.3 is 10.8 Å². The lowest BCUT2D eigenvalue weighted by Crippen LogP contribution is -2.11. The number of nitrogens with two attached hydrogens (primary N) is 1. The molecule has 124 valence electrons. The van der Waals surface area contributed by atoms with Crippen LogP contribution in [0.2, 0.25) is 0 Å². The van der Waals surface area contributed by atoms with Crippen LogP contribution in [0, 0.1) is 5.82 Å². The van der Waals surface area contributed by atoms with Crippen LogP contribution in [0.25, 0.3) is 21.9 Å². The van der Waals surface area contributed by atoms with Crippen molar-refractivity contribution in [3.8, 4) is 16.9 Å². The molecule has 0 fully saturated rings. The molecule has 0 aliphatic rings. The molecule has 0 spiro atoms. The summed E-state index contributed by atoms with van der Waals surface area (Å²) in [5, 5.41) is 11.4. The van der Waals surface area contributed by atoms with Gasteiger partial charge in [0.2, 0.25) is 0 Å². The van der Waals surface area contributed by atoms with E-state index in [1.807, 2.05) is 6.07 Å². The van der Waals surface area contributed by atoms with E-state index in [4.69, 9.17) is 5.73 Å². The molecule has 0 atom stereocenters. The number of pyridine rings is 1. The number of hydrogen-bond acceptors (Lipinski definition) is 3. The standard InChI is InChI=1S/C20H21FN2O/c1-20(2,3)13-5-6-14-15(9-13)18(10-22)23-11-16(14)12-4-7-19(24)17(21)8-12/h4-9,11,24H,10,22H2,1-3H3. The van der Waals surface area contributed by atoms with Crippen molar-refractivity contribution in [2.24, 2.45) is 5.73 Å². The lowest BCUT2D eigenvalue weighted by molar-refractivity contribution is 0.432. The fraction of sp³-hybridized carbons (Fsp3) is 0.250. The predicted octanol–water partition coefficient (Wildman–Crippen LogP) is 4.50. The second-order valence-electron chi connectivity index (χ2n) is 7.00. The summed E-state index contributed by atoms with van der Waals surface area (Å²) in [4.78, 5) is 4.47. The van der Waals surface area contributed by atoms with Crippen LogP contribution in [0.1, 0.15) is 32.0 Å². The van der Waals surface area contributed by atoms with Crippen LogP contribution in [-0.4, -0.2) is 10.1 Å². The molecule has 1 heterocycles. The first-order chi connectivity index (χ1) is 11.3. The van der Waals surface area contributed by atoms with Crippen LogP contribution in [0.5, 0.6) is 5.75 Å². The Morgan fingerprint density at radius 3 is 2.46 bits per heavy atom. The van der Waals surface area contributed by atoms with Gasteiger partial charge in [-0.15, -0.1) is 0 Å². The zero-order valence-corrected chi connectivity index (χ0v) is 14.1. The molecule has 0 aliphatic carbocycles. The number of hydrogen-bond donors (Lipinski definition) is 2. The van der Waals surface area contributed by atoms with Gasteiger partial charge in [-0.3, -0.25) is 4.98 Å². The van der Waals surface area contributed by atoms with E-state index in [1.165, 1.54) is 17.7 Å². The van der Waals surface area contributed by atoms with E-state index in [-0.39, 0.29) is 11.2 Å². The van der Waals surface area contributed by atoms with Gasteiger partial charge in [0.15, 0.2) is 11.6 Å². The summed E-state index contributed by atoms with van der Waals surface area (Å²) in [6, 6.07) is 10.6. The third-order valence-electron chi connectivity index (χ3n) is 4.29. The Labute approximate surface area is 141 Å². The molecule has 0 bridgehead atoms. The van der Waals surface area contributed by atoms with Gasteiger partial charge in [-0.25, -0.2) is 4.39 Å². The summed E-state index contributed by atoms with van der Waals surface area (Å²) in [6.45, 7) is 6.81. The van der Waals surface area contributed by atoms with Gasteiger partial charge in [-0.1, -0.05) is 39.0 Å². The Morgan fingerprint density at radius 1 is 1.08 bits per heavy atom. The molecule has 3 aromatic rings. The molecular weight excluding hydrogens is 303 g/mol. The normalized spacial score (nSPS) is 11.9. The van der Waals surface area contributed by atoms with Crippen LogP contribution in [0.3, 0.4) is 0 Å². The first-order valence-corrected chi connectivity index (χ1v) is 7.92. The highest BCUT2D eigenvalue weighted by atomic mass is 19.1. The van der Waals surface area contributed by atoms with E-state index in [9.17, 15) is 9.50 Å². The zero-order valence-electron chi connectivity index (χ0n) is 14.1. The molecule has 0 unspecified atom stereocenters. The maximum absolute atomic E-state index is 13.7. The minimum atomic E-state index is -0.644. The molecule has 0 saturated heterocycles. The highest BCUT2D eigenvalue weighted by Gasteiger charge is 2.17. The molecule has 3 rings (SSSR count). The third kappa shape index (κ3) is 2.85. The number of fused-ring (bicyclic) bond motifs is 1. The third-order valence-corrected chi connectivity index (χ3v) is 4.29. The summed E-state index contributed by atoms with van der Waals surface area (Å²) in [6.07, 6.45) is 1.72. The molecule has 2 aromatic carbocycles. The zero-order chi connectivity index (χ0) is 17.5. The molecule has 0 aliphatic heterocycles. The minimum Gasteiger partial charge on any atom is -0.505 e. The van der Waals surface area contributed by atoms with E-state index >= 15 is 0 Å². The summed E-state index contributed by atoms with van der Waals surface area (Å²) in [5.74, 6) is -1.00. The molecule has 24 heavy (non-hydrogen) atoms. The van der Waals surface area contributed by atoms with Gasteiger partial charge in [-0.2, -0.15) is 0 Å². The average molecular weight is 324 g/mol. The van der Waals surface area contributed by atoms with Crippen molar-refractivity contribution >= 4 is 10.8 Å². The van der Waals surface area contributed by atoms with Crippen LogP contribution < -0.4 is 5.73 Å². The number of rotatable bonds is 2. The van der Waals surface area contributed by atoms with Gasteiger partial charge >= 0.3 is 0 Å². The monoisotopic (exact) mass is 324 g/mol. The Balaban J connectivity index is 2.28. The number of benzene rings is 2. The molecule has 0 saturated carbocycles. The number of halogens is 1. The number of phenols is 1. The Hall–Kier alpha value is -2.46. The molecule has 3 nitrogen and oxygen atoms in total. The minimum absolute atomic E-state index is 0.0146. The lowest BCUT2D eigenvalue weighted by atomic mass is 9.85. The van der Waals surface area contributed by atoms with Crippen LogP contribution in [0.4, 0.5) is 4.39 Å². The highest BCUT2D eigenvalue weighted by molar-refractivity contribution is 5.98. The fourth-order valence-electron chi connectivity index (χ4n) is 2.83.